The van der Waals surface area contributed by atoms with Crippen LogP contribution in [0.1, 0.15) is 10.4 Å². The van der Waals surface area contributed by atoms with E-state index in [9.17, 15) is 4.79 Å². The number of anilines is 1. The molecule has 2 aromatic rings. The molecule has 2 rings (SSSR count). The minimum Gasteiger partial charge on any atom is -0.321 e. The van der Waals surface area contributed by atoms with E-state index in [0.717, 1.165) is 14.6 Å². The highest BCUT2D eigenvalue weighted by atomic mass is 79.9. The van der Waals surface area contributed by atoms with Crippen molar-refractivity contribution < 1.29 is 4.79 Å². The molecule has 0 spiro atoms. The van der Waals surface area contributed by atoms with Gasteiger partial charge in [-0.25, -0.2) is 0 Å². The number of amides is 1. The predicted octanol–water partition coefficient (Wildman–Crippen LogP) is 3.86. The fraction of sp³-hybridized carbons (Fsp3) is 0. The predicted molar refractivity (Wildman–Crippen MR) is 74.0 cm³/mol. The van der Waals surface area contributed by atoms with Gasteiger partial charge in [-0.2, -0.15) is 0 Å². The van der Waals surface area contributed by atoms with Crippen LogP contribution in [-0.4, -0.2) is 10.9 Å². The highest BCUT2D eigenvalue weighted by Crippen LogP contribution is 2.26. The number of rotatable bonds is 2. The Kier molecular flexibility index (Phi) is 3.91. The molecule has 1 aromatic carbocycles. The van der Waals surface area contributed by atoms with Crippen molar-refractivity contribution in [3.8, 4) is 0 Å². The molecule has 0 aliphatic rings. The Balaban J connectivity index is 2.19. The maximum Gasteiger partial charge on any atom is 0.255 e. The van der Waals surface area contributed by atoms with Gasteiger partial charge in [0.05, 0.1) is 5.69 Å². The number of hydrogen-bond donors (Lipinski definition) is 1. The summed E-state index contributed by atoms with van der Waals surface area (Å²) < 4.78 is 1.78. The van der Waals surface area contributed by atoms with Crippen molar-refractivity contribution in [3.05, 3.63) is 57.2 Å². The van der Waals surface area contributed by atoms with E-state index in [-0.39, 0.29) is 5.91 Å². The molecule has 0 bridgehead atoms. The highest BCUT2D eigenvalue weighted by molar-refractivity contribution is 9.11. The molecule has 1 amide bonds. The number of pyridine rings is 1. The Morgan fingerprint density at radius 1 is 1.12 bits per heavy atom. The second-order valence-corrected chi connectivity index (χ2v) is 5.08. The molecular formula is C12H8Br2N2O. The van der Waals surface area contributed by atoms with E-state index in [0.29, 0.717) is 5.56 Å². The number of carbonyl (C=O) groups is 1. The quantitative estimate of drug-likeness (QED) is 0.888. The molecule has 0 fully saturated rings. The number of nitrogens with one attached hydrogen (secondary N) is 1. The minimum atomic E-state index is -0.157. The van der Waals surface area contributed by atoms with Crippen molar-refractivity contribution in [1.29, 1.82) is 0 Å². The molecule has 3 nitrogen and oxygen atoms in total. The molecule has 0 aliphatic carbocycles. The van der Waals surface area contributed by atoms with E-state index in [1.54, 1.807) is 24.5 Å². The lowest BCUT2D eigenvalue weighted by Gasteiger charge is -2.07. The van der Waals surface area contributed by atoms with Crippen LogP contribution in [0.5, 0.6) is 0 Å². The van der Waals surface area contributed by atoms with Crippen LogP contribution in [0.25, 0.3) is 0 Å². The third-order valence-electron chi connectivity index (χ3n) is 2.12. The van der Waals surface area contributed by atoms with Crippen LogP contribution in [0.2, 0.25) is 0 Å². The number of benzene rings is 1. The summed E-state index contributed by atoms with van der Waals surface area (Å²) in [5, 5.41) is 2.82. The zero-order valence-electron chi connectivity index (χ0n) is 8.65. The van der Waals surface area contributed by atoms with Crippen LogP contribution in [0.4, 0.5) is 5.69 Å². The Labute approximate surface area is 116 Å². The molecule has 17 heavy (non-hydrogen) atoms. The summed E-state index contributed by atoms with van der Waals surface area (Å²) in [6.45, 7) is 0. The van der Waals surface area contributed by atoms with E-state index < -0.39 is 0 Å². The first-order valence-corrected chi connectivity index (χ1v) is 6.42. The van der Waals surface area contributed by atoms with Crippen LogP contribution < -0.4 is 5.32 Å². The Hall–Kier alpha value is -1.20. The van der Waals surface area contributed by atoms with Gasteiger partial charge >= 0.3 is 0 Å². The zero-order valence-corrected chi connectivity index (χ0v) is 11.8. The van der Waals surface area contributed by atoms with Crippen LogP contribution >= 0.6 is 31.9 Å². The van der Waals surface area contributed by atoms with Crippen LogP contribution in [0.3, 0.4) is 0 Å². The third-order valence-corrected chi connectivity index (χ3v) is 3.27. The van der Waals surface area contributed by atoms with Crippen molar-refractivity contribution >= 4 is 43.5 Å². The van der Waals surface area contributed by atoms with E-state index in [1.807, 2.05) is 18.2 Å². The fourth-order valence-electron chi connectivity index (χ4n) is 1.29. The first kappa shape index (κ1) is 12.3. The summed E-state index contributed by atoms with van der Waals surface area (Å²) in [5.74, 6) is -0.157. The minimum absolute atomic E-state index is 0.157. The number of halogens is 2. The molecule has 5 heteroatoms. The molecule has 0 saturated carbocycles. The molecule has 0 unspecified atom stereocenters. The normalized spacial score (nSPS) is 10.0. The van der Waals surface area contributed by atoms with Gasteiger partial charge in [-0.05, 0) is 46.3 Å². The average molecular weight is 356 g/mol. The molecule has 1 N–H and O–H groups in total. The van der Waals surface area contributed by atoms with E-state index >= 15 is 0 Å². The Morgan fingerprint density at radius 2 is 1.82 bits per heavy atom. The molecule has 0 saturated heterocycles. The zero-order chi connectivity index (χ0) is 12.3. The maximum atomic E-state index is 11.9. The SMILES string of the molecule is O=C(Nc1ccc(Br)cc1Br)c1ccncc1. The van der Waals surface area contributed by atoms with Crippen molar-refractivity contribution in [3.63, 3.8) is 0 Å². The van der Waals surface area contributed by atoms with Crippen LogP contribution in [0.15, 0.2) is 51.7 Å². The van der Waals surface area contributed by atoms with Gasteiger partial charge in [0.2, 0.25) is 0 Å². The Bertz CT molecular complexity index is 543. The standard InChI is InChI=1S/C12H8Br2N2O/c13-9-1-2-11(10(14)7-9)16-12(17)8-3-5-15-6-4-8/h1-7H,(H,16,17). The van der Waals surface area contributed by atoms with E-state index in [4.69, 9.17) is 0 Å². The third kappa shape index (κ3) is 3.14. The summed E-state index contributed by atoms with van der Waals surface area (Å²) in [4.78, 5) is 15.7. The van der Waals surface area contributed by atoms with E-state index in [2.05, 4.69) is 42.2 Å². The largest absolute Gasteiger partial charge is 0.321 e. The molecule has 1 heterocycles. The number of carbonyl (C=O) groups excluding carboxylic acids is 1. The van der Waals surface area contributed by atoms with Gasteiger partial charge in [0.1, 0.15) is 0 Å². The summed E-state index contributed by atoms with van der Waals surface area (Å²) in [6, 6.07) is 8.91. The van der Waals surface area contributed by atoms with Gasteiger partial charge in [0.25, 0.3) is 5.91 Å². The summed E-state index contributed by atoms with van der Waals surface area (Å²) in [7, 11) is 0. The van der Waals surface area contributed by atoms with Gasteiger partial charge in [-0.3, -0.25) is 9.78 Å². The van der Waals surface area contributed by atoms with Crippen molar-refractivity contribution in [2.75, 3.05) is 5.32 Å². The van der Waals surface area contributed by atoms with Gasteiger partial charge < -0.3 is 5.32 Å². The van der Waals surface area contributed by atoms with Gasteiger partial charge in [-0.15, -0.1) is 0 Å². The molecule has 0 atom stereocenters. The summed E-state index contributed by atoms with van der Waals surface area (Å²) in [6.07, 6.45) is 3.18. The van der Waals surface area contributed by atoms with E-state index in [1.165, 1.54) is 0 Å². The Morgan fingerprint density at radius 3 is 2.47 bits per heavy atom. The van der Waals surface area contributed by atoms with Crippen molar-refractivity contribution in [1.82, 2.24) is 4.98 Å². The summed E-state index contributed by atoms with van der Waals surface area (Å²) in [5.41, 5.74) is 1.31. The lowest BCUT2D eigenvalue weighted by Crippen LogP contribution is -2.12. The van der Waals surface area contributed by atoms with Crippen molar-refractivity contribution in [2.24, 2.45) is 0 Å². The van der Waals surface area contributed by atoms with Gasteiger partial charge in [0.15, 0.2) is 0 Å². The van der Waals surface area contributed by atoms with Crippen LogP contribution in [0, 0.1) is 0 Å². The van der Waals surface area contributed by atoms with Crippen molar-refractivity contribution in [2.45, 2.75) is 0 Å². The van der Waals surface area contributed by atoms with Gasteiger partial charge in [-0.1, -0.05) is 15.9 Å². The maximum absolute atomic E-state index is 11.9. The number of aromatic nitrogens is 1. The topological polar surface area (TPSA) is 42.0 Å². The van der Waals surface area contributed by atoms with Crippen LogP contribution in [-0.2, 0) is 0 Å². The first-order valence-electron chi connectivity index (χ1n) is 4.83. The lowest BCUT2D eigenvalue weighted by atomic mass is 10.2. The lowest BCUT2D eigenvalue weighted by molar-refractivity contribution is 0.102. The molecule has 86 valence electrons. The summed E-state index contributed by atoms with van der Waals surface area (Å²) >= 11 is 6.75. The molecule has 0 aliphatic heterocycles. The second-order valence-electron chi connectivity index (χ2n) is 3.31. The highest BCUT2D eigenvalue weighted by Gasteiger charge is 2.07. The monoisotopic (exact) mass is 354 g/mol. The number of nitrogens with zero attached hydrogens (tertiary/aromatic N) is 1. The fourth-order valence-corrected chi connectivity index (χ4v) is 2.43. The number of hydrogen-bond acceptors (Lipinski definition) is 2. The molecular weight excluding hydrogens is 348 g/mol. The average Bonchev–Trinajstić information content (AvgIpc) is 2.34. The first-order chi connectivity index (χ1) is 8.16. The van der Waals surface area contributed by atoms with Gasteiger partial charge in [0, 0.05) is 26.9 Å². The smallest absolute Gasteiger partial charge is 0.255 e. The molecule has 0 radical (unpaired) electrons. The molecule has 1 aromatic heterocycles. The second kappa shape index (κ2) is 5.42.